The van der Waals surface area contributed by atoms with Gasteiger partial charge in [-0.15, -0.1) is 0 Å². The second-order valence-electron chi connectivity index (χ2n) is 4.83. The summed E-state index contributed by atoms with van der Waals surface area (Å²) in [6.07, 6.45) is -0.568. The van der Waals surface area contributed by atoms with Gasteiger partial charge >= 0.3 is 0 Å². The van der Waals surface area contributed by atoms with E-state index in [1.165, 1.54) is 6.07 Å². The van der Waals surface area contributed by atoms with Crippen LogP contribution in [-0.4, -0.2) is 18.4 Å². The summed E-state index contributed by atoms with van der Waals surface area (Å²) in [5.41, 5.74) is -0.0929. The average molecular weight is 334 g/mol. The minimum Gasteiger partial charge on any atom is -0.494 e. The lowest BCUT2D eigenvalue weighted by atomic mass is 10.2. The van der Waals surface area contributed by atoms with Crippen molar-refractivity contribution in [2.45, 2.75) is 13.3 Å². The van der Waals surface area contributed by atoms with Gasteiger partial charge in [0.1, 0.15) is 29.5 Å². The number of para-hydroxylation sites is 1. The Morgan fingerprint density at radius 1 is 0.958 bits per heavy atom. The molecule has 0 aliphatic heterocycles. The molecule has 24 heavy (non-hydrogen) atoms. The molecule has 0 spiro atoms. The molecule has 2 aromatic rings. The molecule has 2 amide bonds. The van der Waals surface area contributed by atoms with Gasteiger partial charge in [0.2, 0.25) is 11.8 Å². The minimum absolute atomic E-state index is 0.480. The van der Waals surface area contributed by atoms with E-state index >= 15 is 0 Å². The molecule has 0 aliphatic rings. The largest absolute Gasteiger partial charge is 0.494 e. The molecule has 2 N–H and O–H groups in total. The second-order valence-corrected chi connectivity index (χ2v) is 4.83. The highest BCUT2D eigenvalue weighted by Gasteiger charge is 2.15. The third kappa shape index (κ3) is 4.77. The molecule has 5 nitrogen and oxygen atoms in total. The number of rotatable bonds is 6. The first-order chi connectivity index (χ1) is 11.5. The predicted molar refractivity (Wildman–Crippen MR) is 85.8 cm³/mol. The Balaban J connectivity index is 1.91. The first kappa shape index (κ1) is 17.4. The van der Waals surface area contributed by atoms with Gasteiger partial charge in [0, 0.05) is 5.69 Å². The molecule has 0 saturated carbocycles. The Bertz CT molecular complexity index is 713. The van der Waals surface area contributed by atoms with Crippen LogP contribution < -0.4 is 15.4 Å². The third-order valence-corrected chi connectivity index (χ3v) is 3.00. The number of halogens is 2. The molecule has 0 bridgehead atoms. The van der Waals surface area contributed by atoms with Crippen molar-refractivity contribution >= 4 is 23.2 Å². The molecular weight excluding hydrogens is 318 g/mol. The Labute approximate surface area is 137 Å². The highest BCUT2D eigenvalue weighted by Crippen LogP contribution is 2.18. The van der Waals surface area contributed by atoms with E-state index in [0.29, 0.717) is 18.0 Å². The second kappa shape index (κ2) is 8.05. The summed E-state index contributed by atoms with van der Waals surface area (Å²) in [5, 5.41) is 4.57. The highest BCUT2D eigenvalue weighted by molar-refractivity contribution is 6.08. The van der Waals surface area contributed by atoms with E-state index in [2.05, 4.69) is 10.6 Å². The van der Waals surface area contributed by atoms with Gasteiger partial charge in [0.05, 0.1) is 6.61 Å². The lowest BCUT2D eigenvalue weighted by molar-refractivity contribution is -0.123. The average Bonchev–Trinajstić information content (AvgIpc) is 2.53. The van der Waals surface area contributed by atoms with Crippen molar-refractivity contribution in [1.29, 1.82) is 0 Å². The molecule has 0 fully saturated rings. The maximum absolute atomic E-state index is 13.4. The summed E-state index contributed by atoms with van der Waals surface area (Å²) in [4.78, 5) is 23.5. The summed E-state index contributed by atoms with van der Waals surface area (Å²) < 4.78 is 32.1. The molecule has 0 saturated heterocycles. The number of hydrogen-bond acceptors (Lipinski definition) is 3. The van der Waals surface area contributed by atoms with Gasteiger partial charge in [-0.05, 0) is 43.3 Å². The van der Waals surface area contributed by atoms with Crippen LogP contribution in [0.1, 0.15) is 13.3 Å². The number of hydrogen-bond donors (Lipinski definition) is 2. The predicted octanol–water partition coefficient (Wildman–Crippen LogP) is 3.33. The van der Waals surface area contributed by atoms with E-state index in [-0.39, 0.29) is 0 Å². The molecular formula is C17H16F2N2O3. The lowest BCUT2D eigenvalue weighted by Gasteiger charge is -2.09. The standard InChI is InChI=1S/C17H16F2N2O3/c1-2-24-12-8-6-11(7-9-12)20-15(22)10-16(23)21-17-13(18)4-3-5-14(17)19/h3-9H,2,10H2,1H3,(H,20,22)(H,21,23). The molecule has 0 unspecified atom stereocenters. The lowest BCUT2D eigenvalue weighted by Crippen LogP contribution is -2.22. The molecule has 0 aromatic heterocycles. The van der Waals surface area contributed by atoms with E-state index < -0.39 is 35.6 Å². The quantitative estimate of drug-likeness (QED) is 0.796. The van der Waals surface area contributed by atoms with E-state index in [0.717, 1.165) is 12.1 Å². The van der Waals surface area contributed by atoms with Gasteiger partial charge < -0.3 is 15.4 Å². The summed E-state index contributed by atoms with van der Waals surface area (Å²) in [6.45, 7) is 2.38. The van der Waals surface area contributed by atoms with Crippen molar-refractivity contribution in [2.24, 2.45) is 0 Å². The van der Waals surface area contributed by atoms with E-state index in [1.54, 1.807) is 24.3 Å². The van der Waals surface area contributed by atoms with Crippen molar-refractivity contribution in [2.75, 3.05) is 17.2 Å². The molecule has 126 valence electrons. The highest BCUT2D eigenvalue weighted by atomic mass is 19.1. The molecule has 0 heterocycles. The van der Waals surface area contributed by atoms with Crippen LogP contribution in [-0.2, 0) is 9.59 Å². The van der Waals surface area contributed by atoms with Gasteiger partial charge in [-0.3, -0.25) is 9.59 Å². The first-order valence-electron chi connectivity index (χ1n) is 7.26. The third-order valence-electron chi connectivity index (χ3n) is 3.00. The molecule has 2 aromatic carbocycles. The van der Waals surface area contributed by atoms with Crippen LogP contribution in [0, 0.1) is 11.6 Å². The number of carbonyl (C=O) groups is 2. The SMILES string of the molecule is CCOc1ccc(NC(=O)CC(=O)Nc2c(F)cccc2F)cc1. The summed E-state index contributed by atoms with van der Waals surface area (Å²) in [5.74, 6) is -2.58. The Morgan fingerprint density at radius 2 is 1.54 bits per heavy atom. The number of benzene rings is 2. The van der Waals surface area contributed by atoms with Crippen LogP contribution in [0.5, 0.6) is 5.75 Å². The van der Waals surface area contributed by atoms with Gasteiger partial charge in [-0.25, -0.2) is 8.78 Å². The molecule has 7 heteroatoms. The maximum atomic E-state index is 13.4. The summed E-state index contributed by atoms with van der Waals surface area (Å²) in [6, 6.07) is 9.80. The zero-order valence-corrected chi connectivity index (χ0v) is 12.9. The fourth-order valence-electron chi connectivity index (χ4n) is 1.95. The van der Waals surface area contributed by atoms with Gasteiger partial charge in [0.25, 0.3) is 0 Å². The minimum atomic E-state index is -0.907. The Kier molecular flexibility index (Phi) is 5.83. The van der Waals surface area contributed by atoms with Crippen molar-refractivity contribution in [1.82, 2.24) is 0 Å². The zero-order valence-electron chi connectivity index (χ0n) is 12.9. The van der Waals surface area contributed by atoms with Crippen molar-refractivity contribution < 1.29 is 23.1 Å². The van der Waals surface area contributed by atoms with Gasteiger partial charge in [-0.2, -0.15) is 0 Å². The van der Waals surface area contributed by atoms with E-state index in [4.69, 9.17) is 4.74 Å². The molecule has 0 radical (unpaired) electrons. The van der Waals surface area contributed by atoms with Gasteiger partial charge in [0.15, 0.2) is 0 Å². The number of nitrogens with one attached hydrogen (secondary N) is 2. The van der Waals surface area contributed by atoms with E-state index in [1.807, 2.05) is 6.92 Å². The Morgan fingerprint density at radius 3 is 2.12 bits per heavy atom. The van der Waals surface area contributed by atoms with Gasteiger partial charge in [-0.1, -0.05) is 6.07 Å². The molecule has 0 atom stereocenters. The molecule has 2 rings (SSSR count). The van der Waals surface area contributed by atoms with Crippen LogP contribution in [0.15, 0.2) is 42.5 Å². The number of ether oxygens (including phenoxy) is 1. The maximum Gasteiger partial charge on any atom is 0.233 e. The van der Waals surface area contributed by atoms with Crippen LogP contribution >= 0.6 is 0 Å². The Hall–Kier alpha value is -2.96. The van der Waals surface area contributed by atoms with Crippen LogP contribution in [0.25, 0.3) is 0 Å². The number of anilines is 2. The first-order valence-corrected chi connectivity index (χ1v) is 7.26. The fourth-order valence-corrected chi connectivity index (χ4v) is 1.95. The molecule has 0 aliphatic carbocycles. The number of carbonyl (C=O) groups excluding carboxylic acids is 2. The van der Waals surface area contributed by atoms with Crippen LogP contribution in [0.4, 0.5) is 20.2 Å². The summed E-state index contributed by atoms with van der Waals surface area (Å²) in [7, 11) is 0. The number of amides is 2. The monoisotopic (exact) mass is 334 g/mol. The zero-order chi connectivity index (χ0) is 17.5. The van der Waals surface area contributed by atoms with Crippen LogP contribution in [0.3, 0.4) is 0 Å². The van der Waals surface area contributed by atoms with Crippen LogP contribution in [0.2, 0.25) is 0 Å². The van der Waals surface area contributed by atoms with Crippen molar-refractivity contribution in [3.05, 3.63) is 54.1 Å². The summed E-state index contributed by atoms with van der Waals surface area (Å²) >= 11 is 0. The smallest absolute Gasteiger partial charge is 0.233 e. The van der Waals surface area contributed by atoms with Crippen molar-refractivity contribution in [3.8, 4) is 5.75 Å². The van der Waals surface area contributed by atoms with E-state index in [9.17, 15) is 18.4 Å². The normalized spacial score (nSPS) is 10.1. The topological polar surface area (TPSA) is 67.4 Å². The van der Waals surface area contributed by atoms with Crippen molar-refractivity contribution in [3.63, 3.8) is 0 Å². The fraction of sp³-hybridized carbons (Fsp3) is 0.176.